The molecule has 1 rings (SSSR count). The highest BCUT2D eigenvalue weighted by atomic mass is 16.5. The van der Waals surface area contributed by atoms with Gasteiger partial charge in [0.25, 0.3) is 0 Å². The molecule has 120 valence electrons. The summed E-state index contributed by atoms with van der Waals surface area (Å²) in [7, 11) is 0. The van der Waals surface area contributed by atoms with E-state index in [2.05, 4.69) is 65.6 Å². The Morgan fingerprint density at radius 2 is 1.60 bits per heavy atom. The zero-order valence-electron chi connectivity index (χ0n) is 15.0. The minimum atomic E-state index is -0.0445. The molecule has 1 heterocycles. The number of rotatable bonds is 5. The lowest BCUT2D eigenvalue weighted by molar-refractivity contribution is -0.180. The van der Waals surface area contributed by atoms with Gasteiger partial charge in [-0.3, -0.25) is 4.90 Å². The van der Waals surface area contributed by atoms with Crippen LogP contribution in [0.4, 0.5) is 0 Å². The number of morpholine rings is 1. The fourth-order valence-electron chi connectivity index (χ4n) is 3.50. The van der Waals surface area contributed by atoms with Crippen LogP contribution in [-0.4, -0.2) is 48.3 Å². The zero-order chi connectivity index (χ0) is 15.6. The molecule has 0 aromatic carbocycles. The van der Waals surface area contributed by atoms with Gasteiger partial charge in [0.15, 0.2) is 0 Å². The van der Waals surface area contributed by atoms with Gasteiger partial charge in [0.05, 0.1) is 11.2 Å². The first-order chi connectivity index (χ1) is 8.95. The van der Waals surface area contributed by atoms with Gasteiger partial charge >= 0.3 is 0 Å². The molecule has 1 aliphatic heterocycles. The molecule has 1 N–H and O–H groups in total. The van der Waals surface area contributed by atoms with E-state index in [1.807, 2.05) is 0 Å². The molecule has 1 saturated heterocycles. The van der Waals surface area contributed by atoms with Crippen LogP contribution in [0.1, 0.15) is 61.8 Å². The summed E-state index contributed by atoms with van der Waals surface area (Å²) < 4.78 is 6.16. The van der Waals surface area contributed by atoms with Crippen LogP contribution in [0.25, 0.3) is 0 Å². The standard InChI is InChI=1S/C17H36N2O/c1-9-18-14(15(2,3)4)10-11-19-12-16(5,6)20-17(7,8)13-19/h14,18H,9-13H2,1-8H3. The second-order valence-electron chi connectivity index (χ2n) is 8.60. The lowest BCUT2D eigenvalue weighted by Crippen LogP contribution is -2.57. The second kappa shape index (κ2) is 6.33. The molecule has 20 heavy (non-hydrogen) atoms. The molecule has 3 heteroatoms. The average Bonchev–Trinajstić information content (AvgIpc) is 2.17. The summed E-state index contributed by atoms with van der Waals surface area (Å²) in [5.41, 5.74) is 0.224. The maximum Gasteiger partial charge on any atom is 0.0760 e. The highest BCUT2D eigenvalue weighted by Crippen LogP contribution is 2.29. The number of nitrogens with one attached hydrogen (secondary N) is 1. The van der Waals surface area contributed by atoms with Gasteiger partial charge in [-0.05, 0) is 52.6 Å². The smallest absolute Gasteiger partial charge is 0.0760 e. The predicted octanol–water partition coefficient (Wildman–Crippen LogP) is 3.29. The molecular formula is C17H36N2O. The van der Waals surface area contributed by atoms with E-state index in [1.165, 1.54) is 6.42 Å². The van der Waals surface area contributed by atoms with E-state index < -0.39 is 0 Å². The Labute approximate surface area is 126 Å². The van der Waals surface area contributed by atoms with E-state index in [0.717, 1.165) is 26.2 Å². The van der Waals surface area contributed by atoms with Crippen LogP contribution in [0, 0.1) is 5.41 Å². The third kappa shape index (κ3) is 5.71. The van der Waals surface area contributed by atoms with Crippen molar-refractivity contribution in [2.75, 3.05) is 26.2 Å². The van der Waals surface area contributed by atoms with Crippen LogP contribution in [-0.2, 0) is 4.74 Å². The molecule has 0 radical (unpaired) electrons. The molecule has 0 aliphatic carbocycles. The van der Waals surface area contributed by atoms with E-state index in [0.29, 0.717) is 11.5 Å². The van der Waals surface area contributed by atoms with Crippen molar-refractivity contribution in [2.24, 2.45) is 5.41 Å². The lowest BCUT2D eigenvalue weighted by atomic mass is 9.84. The molecule has 1 fully saturated rings. The highest BCUT2D eigenvalue weighted by Gasteiger charge is 2.38. The SMILES string of the molecule is CCNC(CCN1CC(C)(C)OC(C)(C)C1)C(C)(C)C. The molecule has 0 aromatic heterocycles. The fourth-order valence-corrected chi connectivity index (χ4v) is 3.50. The molecule has 1 atom stereocenters. The van der Waals surface area contributed by atoms with Gasteiger partial charge in [0, 0.05) is 19.1 Å². The molecule has 1 unspecified atom stereocenters. The van der Waals surface area contributed by atoms with Gasteiger partial charge in [-0.1, -0.05) is 27.7 Å². The van der Waals surface area contributed by atoms with E-state index in [4.69, 9.17) is 4.74 Å². The number of hydrogen-bond donors (Lipinski definition) is 1. The summed E-state index contributed by atoms with van der Waals surface area (Å²) in [6.07, 6.45) is 1.20. The van der Waals surface area contributed by atoms with Crippen LogP contribution >= 0.6 is 0 Å². The first-order valence-electron chi connectivity index (χ1n) is 8.11. The monoisotopic (exact) mass is 284 g/mol. The normalized spacial score (nSPS) is 24.6. The maximum absolute atomic E-state index is 6.16. The summed E-state index contributed by atoms with van der Waals surface area (Å²) in [6.45, 7) is 22.2. The van der Waals surface area contributed by atoms with Gasteiger partial charge in [-0.25, -0.2) is 0 Å². The Bertz CT molecular complexity index is 289. The number of nitrogens with zero attached hydrogens (tertiary/aromatic N) is 1. The Kier molecular flexibility index (Phi) is 5.67. The molecular weight excluding hydrogens is 248 g/mol. The van der Waals surface area contributed by atoms with Gasteiger partial charge in [-0.2, -0.15) is 0 Å². The molecule has 0 saturated carbocycles. The molecule has 0 spiro atoms. The maximum atomic E-state index is 6.16. The minimum Gasteiger partial charge on any atom is -0.367 e. The van der Waals surface area contributed by atoms with E-state index in [-0.39, 0.29) is 11.2 Å². The molecule has 0 aromatic rings. The Hall–Kier alpha value is -0.120. The van der Waals surface area contributed by atoms with Gasteiger partial charge < -0.3 is 10.1 Å². The lowest BCUT2D eigenvalue weighted by Gasteiger charge is -2.47. The topological polar surface area (TPSA) is 24.5 Å². The van der Waals surface area contributed by atoms with Gasteiger partial charge in [0.2, 0.25) is 0 Å². The summed E-state index contributed by atoms with van der Waals surface area (Å²) in [6, 6.07) is 0.571. The largest absolute Gasteiger partial charge is 0.367 e. The van der Waals surface area contributed by atoms with E-state index in [1.54, 1.807) is 0 Å². The predicted molar refractivity (Wildman–Crippen MR) is 87.2 cm³/mol. The first kappa shape index (κ1) is 17.9. The molecule has 0 amide bonds. The van der Waals surface area contributed by atoms with Crippen LogP contribution in [0.15, 0.2) is 0 Å². The third-order valence-electron chi connectivity index (χ3n) is 3.99. The highest BCUT2D eigenvalue weighted by molar-refractivity contribution is 4.90. The summed E-state index contributed by atoms with van der Waals surface area (Å²) in [4.78, 5) is 2.57. The second-order valence-corrected chi connectivity index (χ2v) is 8.60. The van der Waals surface area contributed by atoms with Crippen LogP contribution in [0.5, 0.6) is 0 Å². The van der Waals surface area contributed by atoms with Crippen LogP contribution in [0.2, 0.25) is 0 Å². The quantitative estimate of drug-likeness (QED) is 0.838. The van der Waals surface area contributed by atoms with E-state index in [9.17, 15) is 0 Å². The minimum absolute atomic E-state index is 0.0445. The third-order valence-corrected chi connectivity index (χ3v) is 3.99. The van der Waals surface area contributed by atoms with Crippen molar-refractivity contribution < 1.29 is 4.74 Å². The number of hydrogen-bond acceptors (Lipinski definition) is 3. The summed E-state index contributed by atoms with van der Waals surface area (Å²) in [5, 5.41) is 3.65. The van der Waals surface area contributed by atoms with Crippen molar-refractivity contribution in [1.82, 2.24) is 10.2 Å². The van der Waals surface area contributed by atoms with Gasteiger partial charge in [0.1, 0.15) is 0 Å². The summed E-state index contributed by atoms with van der Waals surface area (Å²) in [5.74, 6) is 0. The Balaban J connectivity index is 2.59. The number of ether oxygens (including phenoxy) is 1. The van der Waals surface area contributed by atoms with Crippen molar-refractivity contribution in [3.8, 4) is 0 Å². The van der Waals surface area contributed by atoms with Crippen molar-refractivity contribution in [1.29, 1.82) is 0 Å². The average molecular weight is 284 g/mol. The molecule has 3 nitrogen and oxygen atoms in total. The van der Waals surface area contributed by atoms with Gasteiger partial charge in [-0.15, -0.1) is 0 Å². The van der Waals surface area contributed by atoms with E-state index >= 15 is 0 Å². The fraction of sp³-hybridized carbons (Fsp3) is 1.00. The van der Waals surface area contributed by atoms with Crippen molar-refractivity contribution >= 4 is 0 Å². The zero-order valence-corrected chi connectivity index (χ0v) is 15.0. The van der Waals surface area contributed by atoms with Crippen molar-refractivity contribution in [3.05, 3.63) is 0 Å². The van der Waals surface area contributed by atoms with Crippen LogP contribution < -0.4 is 5.32 Å². The summed E-state index contributed by atoms with van der Waals surface area (Å²) >= 11 is 0. The van der Waals surface area contributed by atoms with Crippen LogP contribution in [0.3, 0.4) is 0 Å². The molecule has 1 aliphatic rings. The van der Waals surface area contributed by atoms with Crippen molar-refractivity contribution in [3.63, 3.8) is 0 Å². The Morgan fingerprint density at radius 1 is 1.10 bits per heavy atom. The van der Waals surface area contributed by atoms with Crippen molar-refractivity contribution in [2.45, 2.75) is 79.1 Å². The molecule has 0 bridgehead atoms. The first-order valence-corrected chi connectivity index (χ1v) is 8.11. The Morgan fingerprint density at radius 3 is 2.00 bits per heavy atom.